The number of hydrogen-bond donors (Lipinski definition) is 1. The number of para-hydroxylation sites is 1. The Morgan fingerprint density at radius 3 is 2.49 bits per heavy atom. The van der Waals surface area contributed by atoms with Crippen LogP contribution in [-0.2, 0) is 16.1 Å². The molecule has 0 saturated carbocycles. The number of hydrogen-bond acceptors (Lipinski definition) is 3. The van der Waals surface area contributed by atoms with Gasteiger partial charge in [-0.3, -0.25) is 19.8 Å². The molecule has 7 heteroatoms. The van der Waals surface area contributed by atoms with Crippen LogP contribution < -0.4 is 10.2 Å². The van der Waals surface area contributed by atoms with Gasteiger partial charge in [0.05, 0.1) is 5.69 Å². The smallest absolute Gasteiger partial charge is 0.270 e. The van der Waals surface area contributed by atoms with Gasteiger partial charge in [0.1, 0.15) is 11.4 Å². The Balaban J connectivity index is 1.58. The molecule has 1 aliphatic heterocycles. The molecule has 2 amide bonds. The van der Waals surface area contributed by atoms with E-state index in [4.69, 9.17) is 12.2 Å². The fourth-order valence-electron chi connectivity index (χ4n) is 4.32. The second kappa shape index (κ2) is 8.92. The Bertz CT molecular complexity index is 1540. The second-order valence-corrected chi connectivity index (χ2v) is 8.92. The molecule has 174 valence electrons. The minimum atomic E-state index is -0.531. The minimum Gasteiger partial charge on any atom is -0.342 e. The van der Waals surface area contributed by atoms with Gasteiger partial charge in [-0.1, -0.05) is 42.5 Å². The molecule has 1 aromatic heterocycles. The third kappa shape index (κ3) is 4.15. The van der Waals surface area contributed by atoms with E-state index in [-0.39, 0.29) is 16.5 Å². The number of aryl methyl sites for hydroxylation is 1. The lowest BCUT2D eigenvalue weighted by atomic mass is 10.0. The molecule has 5 nitrogen and oxygen atoms in total. The number of thiocarbonyl (C=S) groups is 1. The zero-order chi connectivity index (χ0) is 24.7. The number of halogens is 1. The third-order valence-electron chi connectivity index (χ3n) is 6.30. The van der Waals surface area contributed by atoms with Gasteiger partial charge >= 0.3 is 0 Å². The Morgan fingerprint density at radius 1 is 0.971 bits per heavy atom. The molecular weight excluding hydrogens is 461 g/mol. The molecule has 5 rings (SSSR count). The minimum absolute atomic E-state index is 0.00388. The van der Waals surface area contributed by atoms with Gasteiger partial charge in [0, 0.05) is 29.2 Å². The van der Waals surface area contributed by atoms with Crippen molar-refractivity contribution in [2.75, 3.05) is 4.90 Å². The van der Waals surface area contributed by atoms with Crippen LogP contribution in [0.3, 0.4) is 0 Å². The van der Waals surface area contributed by atoms with Gasteiger partial charge in [0.15, 0.2) is 5.11 Å². The van der Waals surface area contributed by atoms with E-state index in [1.807, 2.05) is 67.1 Å². The monoisotopic (exact) mass is 483 g/mol. The summed E-state index contributed by atoms with van der Waals surface area (Å²) in [6.45, 7) is 4.40. The lowest BCUT2D eigenvalue weighted by Crippen LogP contribution is -2.54. The van der Waals surface area contributed by atoms with Crippen molar-refractivity contribution in [3.8, 4) is 0 Å². The van der Waals surface area contributed by atoms with E-state index < -0.39 is 11.8 Å². The normalized spacial score (nSPS) is 15.2. The molecule has 0 unspecified atom stereocenters. The van der Waals surface area contributed by atoms with Crippen LogP contribution in [0.4, 0.5) is 10.1 Å². The largest absolute Gasteiger partial charge is 0.342 e. The summed E-state index contributed by atoms with van der Waals surface area (Å²) in [4.78, 5) is 27.8. The van der Waals surface area contributed by atoms with Crippen LogP contribution in [0.25, 0.3) is 17.0 Å². The van der Waals surface area contributed by atoms with E-state index in [0.717, 1.165) is 33.2 Å². The van der Waals surface area contributed by atoms with Gasteiger partial charge in [-0.05, 0) is 73.1 Å². The van der Waals surface area contributed by atoms with E-state index in [2.05, 4.69) is 5.32 Å². The van der Waals surface area contributed by atoms with Crippen molar-refractivity contribution < 1.29 is 14.0 Å². The second-order valence-electron chi connectivity index (χ2n) is 8.53. The van der Waals surface area contributed by atoms with Crippen molar-refractivity contribution in [3.05, 3.63) is 107 Å². The van der Waals surface area contributed by atoms with Gasteiger partial charge in [-0.25, -0.2) is 4.39 Å². The molecule has 4 aromatic rings. The van der Waals surface area contributed by atoms with Gasteiger partial charge in [-0.2, -0.15) is 0 Å². The zero-order valence-corrected chi connectivity index (χ0v) is 20.0. The summed E-state index contributed by atoms with van der Waals surface area (Å²) in [5, 5.41) is 3.62. The average Bonchev–Trinajstić information content (AvgIpc) is 3.18. The molecule has 0 spiro atoms. The van der Waals surface area contributed by atoms with Crippen LogP contribution >= 0.6 is 12.2 Å². The molecule has 1 fully saturated rings. The maximum absolute atomic E-state index is 13.5. The van der Waals surface area contributed by atoms with E-state index in [1.165, 1.54) is 17.0 Å². The van der Waals surface area contributed by atoms with E-state index in [1.54, 1.807) is 18.2 Å². The summed E-state index contributed by atoms with van der Waals surface area (Å²) >= 11 is 5.36. The van der Waals surface area contributed by atoms with Crippen molar-refractivity contribution in [2.45, 2.75) is 20.4 Å². The van der Waals surface area contributed by atoms with Crippen LogP contribution in [-0.4, -0.2) is 21.5 Å². The van der Waals surface area contributed by atoms with E-state index in [9.17, 15) is 14.0 Å². The van der Waals surface area contributed by atoms with Gasteiger partial charge < -0.3 is 4.57 Å². The first-order chi connectivity index (χ1) is 16.8. The molecule has 1 N–H and O–H groups in total. The Labute approximate surface area is 207 Å². The predicted molar refractivity (Wildman–Crippen MR) is 140 cm³/mol. The van der Waals surface area contributed by atoms with Crippen LogP contribution in [0.5, 0.6) is 0 Å². The van der Waals surface area contributed by atoms with Gasteiger partial charge in [-0.15, -0.1) is 0 Å². The maximum Gasteiger partial charge on any atom is 0.270 e. The number of aromatic nitrogens is 1. The Hall–Kier alpha value is -4.10. The number of nitrogens with one attached hydrogen (secondary N) is 1. The number of anilines is 1. The molecule has 35 heavy (non-hydrogen) atoms. The Morgan fingerprint density at radius 2 is 1.71 bits per heavy atom. The maximum atomic E-state index is 13.5. The van der Waals surface area contributed by atoms with Crippen LogP contribution in [0.15, 0.2) is 78.5 Å². The summed E-state index contributed by atoms with van der Waals surface area (Å²) in [6.07, 6.45) is 3.51. The number of carbonyl (C=O) groups excluding carboxylic acids is 2. The fourth-order valence-corrected chi connectivity index (χ4v) is 4.59. The number of benzene rings is 3. The van der Waals surface area contributed by atoms with Gasteiger partial charge in [0.25, 0.3) is 11.8 Å². The lowest BCUT2D eigenvalue weighted by Gasteiger charge is -2.30. The number of amides is 2. The van der Waals surface area contributed by atoms with Crippen LogP contribution in [0.1, 0.15) is 22.3 Å². The third-order valence-corrected chi connectivity index (χ3v) is 6.59. The summed E-state index contributed by atoms with van der Waals surface area (Å²) in [7, 11) is 0. The first-order valence-corrected chi connectivity index (χ1v) is 11.5. The van der Waals surface area contributed by atoms with Crippen LogP contribution in [0, 0.1) is 19.7 Å². The van der Waals surface area contributed by atoms with E-state index in [0.29, 0.717) is 12.2 Å². The molecular formula is C28H22FN3O2S. The van der Waals surface area contributed by atoms with Crippen molar-refractivity contribution in [1.29, 1.82) is 0 Å². The summed E-state index contributed by atoms with van der Waals surface area (Å²) in [5.41, 5.74) is 5.18. The van der Waals surface area contributed by atoms with E-state index >= 15 is 0 Å². The summed E-state index contributed by atoms with van der Waals surface area (Å²) < 4.78 is 15.4. The molecule has 1 saturated heterocycles. The summed E-state index contributed by atoms with van der Waals surface area (Å²) in [5.74, 6) is -1.29. The van der Waals surface area contributed by atoms with Crippen molar-refractivity contribution in [2.24, 2.45) is 0 Å². The predicted octanol–water partition coefficient (Wildman–Crippen LogP) is 5.28. The SMILES string of the molecule is Cc1cccc(N2C(=O)/C(=C\c3cn(Cc4ccc(F)cc4)c4ccccc34)C(=O)NC2=S)c1C. The number of rotatable bonds is 4. The number of carbonyl (C=O) groups is 2. The summed E-state index contributed by atoms with van der Waals surface area (Å²) in [6, 6.07) is 19.7. The molecule has 0 aliphatic carbocycles. The topological polar surface area (TPSA) is 54.3 Å². The highest BCUT2D eigenvalue weighted by molar-refractivity contribution is 7.80. The number of nitrogens with zero attached hydrogens (tertiary/aromatic N) is 2. The highest BCUT2D eigenvalue weighted by Gasteiger charge is 2.35. The Kier molecular flexibility index (Phi) is 5.78. The van der Waals surface area contributed by atoms with Crippen molar-refractivity contribution in [1.82, 2.24) is 9.88 Å². The molecule has 0 radical (unpaired) electrons. The van der Waals surface area contributed by atoms with Crippen LogP contribution in [0.2, 0.25) is 0 Å². The number of fused-ring (bicyclic) bond motifs is 1. The zero-order valence-electron chi connectivity index (χ0n) is 19.2. The quantitative estimate of drug-likeness (QED) is 0.244. The highest BCUT2D eigenvalue weighted by atomic mass is 32.1. The fraction of sp³-hybridized carbons (Fsp3) is 0.107. The first-order valence-electron chi connectivity index (χ1n) is 11.1. The van der Waals surface area contributed by atoms with Crippen molar-refractivity contribution in [3.63, 3.8) is 0 Å². The average molecular weight is 484 g/mol. The molecule has 1 aliphatic rings. The van der Waals surface area contributed by atoms with Crippen molar-refractivity contribution >= 4 is 51.8 Å². The molecule has 2 heterocycles. The lowest BCUT2D eigenvalue weighted by molar-refractivity contribution is -0.122. The van der Waals surface area contributed by atoms with Gasteiger partial charge in [0.2, 0.25) is 0 Å². The highest BCUT2D eigenvalue weighted by Crippen LogP contribution is 2.29. The molecule has 0 atom stereocenters. The molecule has 0 bridgehead atoms. The first kappa shape index (κ1) is 22.7. The standard InChI is InChI=1S/C28H22FN3O2S/c1-17-6-5-9-24(18(17)2)32-27(34)23(26(33)30-28(32)35)14-20-16-31(25-8-4-3-7-22(20)25)15-19-10-12-21(29)13-11-19/h3-14,16H,15H2,1-2H3,(H,30,33,35)/b23-14-. The molecule has 3 aromatic carbocycles.